The Bertz CT molecular complexity index is 4400. The second-order valence-electron chi connectivity index (χ2n) is 21.4. The molecule has 3 aliphatic carbocycles. The van der Waals surface area contributed by atoms with Crippen molar-refractivity contribution in [3.05, 3.63) is 275 Å². The average Bonchev–Trinajstić information content (AvgIpc) is 2.53. The number of hydrogen-bond donors (Lipinski definition) is 0. The molecule has 7 nitrogen and oxygen atoms in total. The van der Waals surface area contributed by atoms with Crippen LogP contribution in [0.15, 0.2) is 250 Å². The van der Waals surface area contributed by atoms with Crippen molar-refractivity contribution >= 4 is 54.5 Å². The molecule has 5 aromatic heterocycles. The van der Waals surface area contributed by atoms with Crippen molar-refractivity contribution in [3.8, 4) is 62.1 Å². The molecule has 16 rings (SSSR count). The van der Waals surface area contributed by atoms with E-state index < -0.39 is 0 Å². The molecule has 13 aromatic rings. The Morgan fingerprint density at radius 1 is 0.443 bits per heavy atom. The van der Waals surface area contributed by atoms with Crippen molar-refractivity contribution in [2.45, 2.75) is 44.9 Å². The van der Waals surface area contributed by atoms with E-state index in [1.54, 1.807) is 0 Å². The average molecular weight is 1090 g/mol. The Morgan fingerprint density at radius 2 is 0.873 bits per heavy atom. The minimum Gasteiger partial charge on any atom is -0.456 e. The summed E-state index contributed by atoms with van der Waals surface area (Å²) in [7, 11) is 0. The largest absolute Gasteiger partial charge is 0.456 e. The maximum Gasteiger partial charge on any atom is 0.235 e. The number of hydrogen-bond acceptors (Lipinski definition) is 6. The normalized spacial score (nSPS) is 14.0. The molecule has 0 atom stereocenters. The van der Waals surface area contributed by atoms with E-state index in [0.717, 1.165) is 96.1 Å². The molecule has 0 spiro atoms. The molecule has 0 amide bonds. The highest BCUT2D eigenvalue weighted by Crippen LogP contribution is 2.57. The van der Waals surface area contributed by atoms with Crippen LogP contribution in [0.4, 0.5) is 0 Å². The van der Waals surface area contributed by atoms with E-state index in [1.165, 1.54) is 44.3 Å². The number of para-hydroxylation sites is 2. The predicted octanol–water partition coefficient (Wildman–Crippen LogP) is 18.5. The van der Waals surface area contributed by atoms with Gasteiger partial charge in [0.25, 0.3) is 0 Å². The lowest BCUT2D eigenvalue weighted by molar-refractivity contribution is 0.599. The van der Waals surface area contributed by atoms with E-state index in [1.807, 2.05) is 121 Å². The van der Waals surface area contributed by atoms with E-state index in [-0.39, 0.29) is 10.8 Å². The lowest BCUT2D eigenvalue weighted by Gasteiger charge is -2.24. The number of fused-ring (bicyclic) bond motifs is 13. The van der Waals surface area contributed by atoms with Gasteiger partial charge in [0.2, 0.25) is 5.95 Å². The topological polar surface area (TPSA) is 82.8 Å². The van der Waals surface area contributed by atoms with Gasteiger partial charge in [-0.15, -0.1) is 0 Å². The summed E-state index contributed by atoms with van der Waals surface area (Å²) in [6.45, 7) is 9.24. The number of halogens is 1. The molecule has 0 fully saturated rings. The number of rotatable bonds is 5. The van der Waals surface area contributed by atoms with Gasteiger partial charge in [-0.05, 0) is 80.5 Å². The van der Waals surface area contributed by atoms with Crippen molar-refractivity contribution in [3.63, 3.8) is 0 Å². The number of aromatic nitrogens is 5. The maximum atomic E-state index is 6.60. The van der Waals surface area contributed by atoms with Gasteiger partial charge < -0.3 is 8.83 Å². The summed E-state index contributed by atoms with van der Waals surface area (Å²) in [5.41, 5.74) is 23.3. The molecular weight excluding hydrogens is 1030 g/mol. The van der Waals surface area contributed by atoms with Gasteiger partial charge in [0.1, 0.15) is 22.4 Å². The van der Waals surface area contributed by atoms with Crippen LogP contribution in [-0.2, 0) is 17.3 Å². The first-order valence-electron chi connectivity index (χ1n) is 26.8. The van der Waals surface area contributed by atoms with Gasteiger partial charge >= 0.3 is 0 Å². The number of allylic oxidation sites excluding steroid dienone is 1. The lowest BCUT2D eigenvalue weighted by Crippen LogP contribution is -2.21. The Balaban J connectivity index is 0.000000118. The number of nitrogens with zero attached hydrogens (tertiary/aromatic N) is 5. The molecule has 380 valence electrons. The molecule has 79 heavy (non-hydrogen) atoms. The van der Waals surface area contributed by atoms with E-state index >= 15 is 0 Å². The SMILES string of the molecule is Brc1nc(-c2ccccc2)cc(-c2ccccc2)n1.CC1(C)C2=C(c3ccccc31)c1oc3ccccc3c1C2.CC1(C)c2ccccc2-c2c1n(-c1nc(-c3ccccc3)cc(-c3ccccc3)n1)c1c2oc2ccccc21. The highest BCUT2D eigenvalue weighted by molar-refractivity contribution is 9.10. The molecule has 0 aliphatic heterocycles. The first-order chi connectivity index (χ1) is 38.6. The summed E-state index contributed by atoms with van der Waals surface area (Å²) in [6.07, 6.45) is 1.02. The highest BCUT2D eigenvalue weighted by Gasteiger charge is 2.45. The summed E-state index contributed by atoms with van der Waals surface area (Å²) >= 11 is 3.39. The lowest BCUT2D eigenvalue weighted by atomic mass is 9.79. The molecule has 0 saturated carbocycles. The second kappa shape index (κ2) is 19.0. The van der Waals surface area contributed by atoms with Crippen LogP contribution in [0.5, 0.6) is 0 Å². The van der Waals surface area contributed by atoms with Crippen molar-refractivity contribution in [1.29, 1.82) is 0 Å². The molecule has 0 saturated heterocycles. The van der Waals surface area contributed by atoms with E-state index in [0.29, 0.717) is 10.7 Å². The smallest absolute Gasteiger partial charge is 0.235 e. The van der Waals surface area contributed by atoms with Crippen LogP contribution in [0, 0.1) is 0 Å². The molecule has 8 heteroatoms. The summed E-state index contributed by atoms with van der Waals surface area (Å²) in [5, 5.41) is 2.33. The third-order valence-corrected chi connectivity index (χ3v) is 16.4. The monoisotopic (exact) mass is 1090 g/mol. The van der Waals surface area contributed by atoms with Crippen LogP contribution in [0.2, 0.25) is 0 Å². The molecular formula is C71H52BrN5O2. The van der Waals surface area contributed by atoms with Gasteiger partial charge in [-0.3, -0.25) is 4.57 Å². The fourth-order valence-corrected chi connectivity index (χ4v) is 12.6. The molecule has 0 bridgehead atoms. The highest BCUT2D eigenvalue weighted by atomic mass is 79.9. The third-order valence-electron chi connectivity index (χ3n) is 16.0. The van der Waals surface area contributed by atoms with Crippen molar-refractivity contribution in [1.82, 2.24) is 24.5 Å². The summed E-state index contributed by atoms with van der Waals surface area (Å²) in [4.78, 5) is 19.3. The van der Waals surface area contributed by atoms with Crippen LogP contribution < -0.4 is 0 Å². The maximum absolute atomic E-state index is 6.60. The van der Waals surface area contributed by atoms with Crippen LogP contribution in [0.3, 0.4) is 0 Å². The Morgan fingerprint density at radius 3 is 1.42 bits per heavy atom. The van der Waals surface area contributed by atoms with Gasteiger partial charge in [0, 0.05) is 66.3 Å². The van der Waals surface area contributed by atoms with Gasteiger partial charge in [-0.2, -0.15) is 0 Å². The van der Waals surface area contributed by atoms with Crippen molar-refractivity contribution in [2.24, 2.45) is 0 Å². The summed E-state index contributed by atoms with van der Waals surface area (Å²) in [6, 6.07) is 79.0. The number of benzene rings is 8. The van der Waals surface area contributed by atoms with E-state index in [2.05, 4.69) is 167 Å². The van der Waals surface area contributed by atoms with Gasteiger partial charge in [-0.1, -0.05) is 228 Å². The zero-order valence-electron chi connectivity index (χ0n) is 44.1. The summed E-state index contributed by atoms with van der Waals surface area (Å²) in [5.74, 6) is 1.75. The number of furan rings is 2. The van der Waals surface area contributed by atoms with Crippen molar-refractivity contribution in [2.75, 3.05) is 0 Å². The molecule has 0 N–H and O–H groups in total. The second-order valence-corrected chi connectivity index (χ2v) is 22.1. The first-order valence-corrected chi connectivity index (χ1v) is 27.6. The quantitative estimate of drug-likeness (QED) is 0.160. The molecule has 8 aromatic carbocycles. The molecule has 5 heterocycles. The van der Waals surface area contributed by atoms with Crippen LogP contribution >= 0.6 is 15.9 Å². The van der Waals surface area contributed by atoms with Crippen LogP contribution in [0.25, 0.3) is 101 Å². The Labute approximate surface area is 466 Å². The van der Waals surface area contributed by atoms with Gasteiger partial charge in [0.05, 0.1) is 22.8 Å². The summed E-state index contributed by atoms with van der Waals surface area (Å²) < 4.78 is 15.7. The zero-order valence-corrected chi connectivity index (χ0v) is 45.7. The molecule has 3 aliphatic rings. The molecule has 0 unspecified atom stereocenters. The van der Waals surface area contributed by atoms with E-state index in [4.69, 9.17) is 18.8 Å². The van der Waals surface area contributed by atoms with Crippen LogP contribution in [0.1, 0.15) is 61.4 Å². The third kappa shape index (κ3) is 8.08. The standard InChI is InChI=1S/C35H25N3O.C20H16O.C16H11BrN2/c1-35(2)26-19-11-9-17-24(26)30-32-31(25-18-10-12-20-29(25)39-32)38(33(30)35)34-36-27(22-13-5-3-6-14-22)21-28(37-34)23-15-7-4-8-16-23;1-20(2)15-9-5-3-8-13(15)18-16(20)11-14-12-7-4-6-10-17(12)21-19(14)18;17-16-18-14(12-7-3-1-4-8-12)11-15(19-16)13-9-5-2-6-10-13/h3-21H,1-2H3;3-10H,11H2,1-2H3;1-11H. The first kappa shape index (κ1) is 48.2. The van der Waals surface area contributed by atoms with Crippen molar-refractivity contribution < 1.29 is 8.83 Å². The predicted molar refractivity (Wildman–Crippen MR) is 323 cm³/mol. The Hall–Kier alpha value is -9.24. The fourth-order valence-electron chi connectivity index (χ4n) is 12.3. The minimum atomic E-state index is -0.270. The zero-order chi connectivity index (χ0) is 53.4. The van der Waals surface area contributed by atoms with Gasteiger partial charge in [0.15, 0.2) is 10.3 Å². The van der Waals surface area contributed by atoms with Crippen LogP contribution in [-0.4, -0.2) is 24.5 Å². The van der Waals surface area contributed by atoms with E-state index in [9.17, 15) is 0 Å². The molecule has 0 radical (unpaired) electrons. The van der Waals surface area contributed by atoms with Gasteiger partial charge in [-0.25, -0.2) is 19.9 Å². The fraction of sp³-hybridized carbons (Fsp3) is 0.0986. The minimum absolute atomic E-state index is 0.106. The Kier molecular flexibility index (Phi) is 11.6.